The first-order valence-electron chi connectivity index (χ1n) is 5.69. The molecule has 96 valence electrons. The van der Waals surface area contributed by atoms with Crippen molar-refractivity contribution in [3.63, 3.8) is 0 Å². The summed E-state index contributed by atoms with van der Waals surface area (Å²) in [5.74, 6) is 0.590. The van der Waals surface area contributed by atoms with Crippen molar-refractivity contribution in [3.05, 3.63) is 47.0 Å². The van der Waals surface area contributed by atoms with Crippen molar-refractivity contribution in [1.29, 1.82) is 0 Å². The van der Waals surface area contributed by atoms with E-state index in [-0.39, 0.29) is 0 Å². The third-order valence-corrected chi connectivity index (χ3v) is 3.09. The number of ether oxygens (including phenoxy) is 1. The lowest BCUT2D eigenvalue weighted by Gasteiger charge is -2.10. The Morgan fingerprint density at radius 3 is 2.83 bits per heavy atom. The van der Waals surface area contributed by atoms with Gasteiger partial charge < -0.3 is 14.4 Å². The third kappa shape index (κ3) is 2.49. The molecule has 0 amide bonds. The molecule has 0 saturated heterocycles. The molecule has 0 fully saturated rings. The third-order valence-electron chi connectivity index (χ3n) is 2.79. The molecule has 0 aliphatic carbocycles. The van der Waals surface area contributed by atoms with Crippen LogP contribution in [0.1, 0.15) is 24.3 Å². The number of hydrogen-bond donors (Lipinski definition) is 1. The van der Waals surface area contributed by atoms with Crippen LogP contribution in [0.3, 0.4) is 0 Å². The number of imidazole rings is 1. The van der Waals surface area contributed by atoms with Gasteiger partial charge in [0.25, 0.3) is 0 Å². The quantitative estimate of drug-likeness (QED) is 0.925. The predicted molar refractivity (Wildman–Crippen MR) is 70.0 cm³/mol. The molecule has 1 atom stereocenters. The topological polar surface area (TPSA) is 47.3 Å². The Morgan fingerprint density at radius 2 is 2.28 bits per heavy atom. The van der Waals surface area contributed by atoms with E-state index >= 15 is 0 Å². The molecule has 1 aromatic heterocycles. The fraction of sp³-hybridized carbons (Fsp3) is 0.308. The first kappa shape index (κ1) is 12.9. The van der Waals surface area contributed by atoms with Crippen molar-refractivity contribution < 1.29 is 9.84 Å². The second-order valence-electron chi connectivity index (χ2n) is 3.93. The van der Waals surface area contributed by atoms with Crippen molar-refractivity contribution in [1.82, 2.24) is 9.55 Å². The highest BCUT2D eigenvalue weighted by Gasteiger charge is 2.14. The van der Waals surface area contributed by atoms with Crippen LogP contribution in [-0.2, 0) is 6.54 Å². The highest BCUT2D eigenvalue weighted by molar-refractivity contribution is 6.32. The van der Waals surface area contributed by atoms with Gasteiger partial charge in [-0.15, -0.1) is 0 Å². The van der Waals surface area contributed by atoms with E-state index in [4.69, 9.17) is 16.3 Å². The van der Waals surface area contributed by atoms with Crippen LogP contribution in [0.2, 0.25) is 5.02 Å². The summed E-state index contributed by atoms with van der Waals surface area (Å²) in [4.78, 5) is 4.17. The largest absolute Gasteiger partial charge is 0.495 e. The number of aromatic nitrogens is 2. The second-order valence-corrected chi connectivity index (χ2v) is 4.33. The highest BCUT2D eigenvalue weighted by atomic mass is 35.5. The van der Waals surface area contributed by atoms with E-state index in [0.717, 1.165) is 6.54 Å². The van der Waals surface area contributed by atoms with E-state index in [1.807, 2.05) is 17.7 Å². The molecule has 1 aromatic carbocycles. The molecule has 0 bridgehead atoms. The SMILES string of the molecule is CCn1cnc(C(O)c2ccc(OC)c(Cl)c2)c1. The number of hydrogen-bond acceptors (Lipinski definition) is 3. The summed E-state index contributed by atoms with van der Waals surface area (Å²) in [7, 11) is 1.56. The molecule has 4 nitrogen and oxygen atoms in total. The Bertz CT molecular complexity index is 540. The van der Waals surface area contributed by atoms with Gasteiger partial charge in [-0.05, 0) is 24.6 Å². The molecule has 2 rings (SSSR count). The predicted octanol–water partition coefficient (Wildman–Crippen LogP) is 2.65. The fourth-order valence-electron chi connectivity index (χ4n) is 1.72. The van der Waals surface area contributed by atoms with E-state index < -0.39 is 6.10 Å². The average molecular weight is 267 g/mol. The summed E-state index contributed by atoms with van der Waals surface area (Å²) < 4.78 is 6.98. The second kappa shape index (κ2) is 5.42. The minimum absolute atomic E-state index is 0.476. The van der Waals surface area contributed by atoms with Crippen LogP contribution in [-0.4, -0.2) is 21.8 Å². The van der Waals surface area contributed by atoms with Crippen molar-refractivity contribution in [2.24, 2.45) is 0 Å². The molecule has 1 heterocycles. The van der Waals surface area contributed by atoms with Gasteiger partial charge in [-0.25, -0.2) is 4.98 Å². The van der Waals surface area contributed by atoms with Crippen LogP contribution in [0.15, 0.2) is 30.7 Å². The number of methoxy groups -OCH3 is 1. The summed E-state index contributed by atoms with van der Waals surface area (Å²) >= 11 is 6.03. The molecular formula is C13H15ClN2O2. The maximum atomic E-state index is 10.2. The van der Waals surface area contributed by atoms with Crippen LogP contribution < -0.4 is 4.74 Å². The number of aryl methyl sites for hydroxylation is 1. The van der Waals surface area contributed by atoms with Crippen molar-refractivity contribution in [2.75, 3.05) is 7.11 Å². The van der Waals surface area contributed by atoms with Gasteiger partial charge in [0, 0.05) is 12.7 Å². The first-order chi connectivity index (χ1) is 8.65. The number of aliphatic hydroxyl groups excluding tert-OH is 1. The Kier molecular flexibility index (Phi) is 3.89. The Labute approximate surface area is 111 Å². The summed E-state index contributed by atoms with van der Waals surface area (Å²) in [6.45, 7) is 2.84. The zero-order valence-electron chi connectivity index (χ0n) is 10.3. The summed E-state index contributed by atoms with van der Waals surface area (Å²) in [6, 6.07) is 5.20. The lowest BCUT2D eigenvalue weighted by atomic mass is 10.1. The molecular weight excluding hydrogens is 252 g/mol. The summed E-state index contributed by atoms with van der Waals surface area (Å²) in [5, 5.41) is 10.7. The molecule has 0 spiro atoms. The Balaban J connectivity index is 2.27. The van der Waals surface area contributed by atoms with Crippen molar-refractivity contribution in [2.45, 2.75) is 19.6 Å². The zero-order valence-corrected chi connectivity index (χ0v) is 11.1. The molecule has 18 heavy (non-hydrogen) atoms. The van der Waals surface area contributed by atoms with Gasteiger partial charge in [0.2, 0.25) is 0 Å². The molecule has 0 aliphatic rings. The van der Waals surface area contributed by atoms with Gasteiger partial charge in [0.05, 0.1) is 24.2 Å². The monoisotopic (exact) mass is 266 g/mol. The molecule has 0 radical (unpaired) electrons. The van der Waals surface area contributed by atoms with Gasteiger partial charge in [0.1, 0.15) is 11.9 Å². The highest BCUT2D eigenvalue weighted by Crippen LogP contribution is 2.29. The number of nitrogens with zero attached hydrogens (tertiary/aromatic N) is 2. The molecule has 1 unspecified atom stereocenters. The van der Waals surface area contributed by atoms with Gasteiger partial charge >= 0.3 is 0 Å². The van der Waals surface area contributed by atoms with E-state index in [1.165, 1.54) is 0 Å². The Morgan fingerprint density at radius 1 is 1.50 bits per heavy atom. The van der Waals surface area contributed by atoms with Gasteiger partial charge in [-0.1, -0.05) is 17.7 Å². The first-order valence-corrected chi connectivity index (χ1v) is 6.06. The van der Waals surface area contributed by atoms with E-state index in [0.29, 0.717) is 22.0 Å². The maximum Gasteiger partial charge on any atom is 0.137 e. The van der Waals surface area contributed by atoms with Gasteiger partial charge in [0.15, 0.2) is 0 Å². The smallest absolute Gasteiger partial charge is 0.137 e. The van der Waals surface area contributed by atoms with Crippen LogP contribution in [0.5, 0.6) is 5.75 Å². The summed E-state index contributed by atoms with van der Waals surface area (Å²) in [5.41, 5.74) is 1.31. The molecule has 5 heteroatoms. The molecule has 1 N–H and O–H groups in total. The number of benzene rings is 1. The van der Waals surface area contributed by atoms with E-state index in [2.05, 4.69) is 4.98 Å². The lowest BCUT2D eigenvalue weighted by molar-refractivity contribution is 0.215. The number of halogens is 1. The zero-order chi connectivity index (χ0) is 13.1. The summed E-state index contributed by atoms with van der Waals surface area (Å²) in [6.07, 6.45) is 2.74. The Hall–Kier alpha value is -1.52. The molecule has 0 saturated carbocycles. The number of rotatable bonds is 4. The lowest BCUT2D eigenvalue weighted by Crippen LogP contribution is -2.00. The average Bonchev–Trinajstić information content (AvgIpc) is 2.86. The van der Waals surface area contributed by atoms with Crippen LogP contribution in [0.25, 0.3) is 0 Å². The van der Waals surface area contributed by atoms with Crippen LogP contribution in [0, 0.1) is 0 Å². The maximum absolute atomic E-state index is 10.2. The number of aliphatic hydroxyl groups is 1. The van der Waals surface area contributed by atoms with Crippen molar-refractivity contribution >= 4 is 11.6 Å². The van der Waals surface area contributed by atoms with Crippen LogP contribution in [0.4, 0.5) is 0 Å². The van der Waals surface area contributed by atoms with E-state index in [1.54, 1.807) is 31.6 Å². The van der Waals surface area contributed by atoms with Gasteiger partial charge in [-0.2, -0.15) is 0 Å². The molecule has 0 aliphatic heterocycles. The van der Waals surface area contributed by atoms with Crippen LogP contribution >= 0.6 is 11.6 Å². The molecule has 2 aromatic rings. The normalized spacial score (nSPS) is 12.4. The van der Waals surface area contributed by atoms with Crippen molar-refractivity contribution in [3.8, 4) is 5.75 Å². The van der Waals surface area contributed by atoms with Gasteiger partial charge in [-0.3, -0.25) is 0 Å². The minimum Gasteiger partial charge on any atom is -0.495 e. The minimum atomic E-state index is -0.777. The van der Waals surface area contributed by atoms with E-state index in [9.17, 15) is 5.11 Å². The standard InChI is InChI=1S/C13H15ClN2O2/c1-3-16-7-11(15-8-16)13(17)9-4-5-12(18-2)10(14)6-9/h4-8,13,17H,3H2,1-2H3. The fourth-order valence-corrected chi connectivity index (χ4v) is 1.98.